The standard InChI is InChI=1S/C14H19N3O5S/c1-3-23(19,20)17(2)8-5-7-15-14(18)11-10-16-22-13(11)12-6-4-9-21-12/h4,6,9-10H,3,5,7-8H2,1-2H3,(H,15,18). The molecular weight excluding hydrogens is 322 g/mol. The second kappa shape index (κ2) is 7.42. The number of hydrogen-bond donors (Lipinski definition) is 1. The Morgan fingerprint density at radius 2 is 2.22 bits per heavy atom. The van der Waals surface area contributed by atoms with Gasteiger partial charge in [0.25, 0.3) is 5.91 Å². The molecule has 1 amide bonds. The summed E-state index contributed by atoms with van der Waals surface area (Å²) in [6.45, 7) is 2.27. The van der Waals surface area contributed by atoms with Gasteiger partial charge in [-0.1, -0.05) is 5.16 Å². The summed E-state index contributed by atoms with van der Waals surface area (Å²) in [5, 5.41) is 6.33. The molecule has 2 rings (SSSR count). The molecule has 23 heavy (non-hydrogen) atoms. The van der Waals surface area contributed by atoms with Gasteiger partial charge in [-0.2, -0.15) is 0 Å². The van der Waals surface area contributed by atoms with Crippen LogP contribution in [-0.2, 0) is 10.0 Å². The van der Waals surface area contributed by atoms with E-state index >= 15 is 0 Å². The lowest BCUT2D eigenvalue weighted by molar-refractivity contribution is 0.0953. The van der Waals surface area contributed by atoms with Gasteiger partial charge in [-0.15, -0.1) is 0 Å². The Kier molecular flexibility index (Phi) is 5.56. The maximum atomic E-state index is 12.1. The SMILES string of the molecule is CCS(=O)(=O)N(C)CCCNC(=O)c1cnoc1-c1ccco1. The van der Waals surface area contributed by atoms with Gasteiger partial charge in [0.1, 0.15) is 5.56 Å². The first-order chi connectivity index (χ1) is 11.0. The summed E-state index contributed by atoms with van der Waals surface area (Å²) in [7, 11) is -1.67. The molecule has 0 fully saturated rings. The minimum Gasteiger partial charge on any atom is -0.461 e. The van der Waals surface area contributed by atoms with Crippen LogP contribution < -0.4 is 5.32 Å². The van der Waals surface area contributed by atoms with E-state index in [4.69, 9.17) is 8.94 Å². The second-order valence-electron chi connectivity index (χ2n) is 4.88. The summed E-state index contributed by atoms with van der Waals surface area (Å²) < 4.78 is 34.7. The number of amides is 1. The highest BCUT2D eigenvalue weighted by Gasteiger charge is 2.19. The molecule has 0 saturated heterocycles. The number of aromatic nitrogens is 1. The van der Waals surface area contributed by atoms with E-state index in [1.54, 1.807) is 19.1 Å². The Morgan fingerprint density at radius 1 is 1.43 bits per heavy atom. The molecule has 0 spiro atoms. The summed E-state index contributed by atoms with van der Waals surface area (Å²) in [5.41, 5.74) is 0.273. The highest BCUT2D eigenvalue weighted by atomic mass is 32.2. The molecule has 2 aromatic rings. The zero-order chi connectivity index (χ0) is 16.9. The molecule has 1 N–H and O–H groups in total. The van der Waals surface area contributed by atoms with Gasteiger partial charge in [-0.25, -0.2) is 12.7 Å². The van der Waals surface area contributed by atoms with Gasteiger partial charge in [0.15, 0.2) is 5.76 Å². The van der Waals surface area contributed by atoms with Gasteiger partial charge >= 0.3 is 0 Å². The van der Waals surface area contributed by atoms with E-state index in [0.717, 1.165) is 0 Å². The fourth-order valence-corrected chi connectivity index (χ4v) is 2.79. The van der Waals surface area contributed by atoms with Gasteiger partial charge in [-0.3, -0.25) is 4.79 Å². The highest BCUT2D eigenvalue weighted by Crippen LogP contribution is 2.23. The number of carbonyl (C=O) groups is 1. The van der Waals surface area contributed by atoms with Crippen molar-refractivity contribution in [2.75, 3.05) is 25.9 Å². The molecule has 9 heteroatoms. The van der Waals surface area contributed by atoms with E-state index in [9.17, 15) is 13.2 Å². The topological polar surface area (TPSA) is 106 Å². The summed E-state index contributed by atoms with van der Waals surface area (Å²) in [6.07, 6.45) is 3.30. The Bertz CT molecular complexity index is 736. The van der Waals surface area contributed by atoms with Crippen LogP contribution in [0.25, 0.3) is 11.5 Å². The van der Waals surface area contributed by atoms with Crippen LogP contribution in [0.5, 0.6) is 0 Å². The number of furan rings is 1. The maximum Gasteiger partial charge on any atom is 0.257 e. The quantitative estimate of drug-likeness (QED) is 0.726. The van der Waals surface area contributed by atoms with E-state index in [-0.39, 0.29) is 23.0 Å². The molecule has 0 aliphatic carbocycles. The van der Waals surface area contributed by atoms with E-state index < -0.39 is 10.0 Å². The number of hydrogen-bond acceptors (Lipinski definition) is 6. The van der Waals surface area contributed by atoms with Crippen molar-refractivity contribution in [1.82, 2.24) is 14.8 Å². The fraction of sp³-hybridized carbons (Fsp3) is 0.429. The monoisotopic (exact) mass is 341 g/mol. The molecule has 0 bridgehead atoms. The molecule has 8 nitrogen and oxygen atoms in total. The van der Waals surface area contributed by atoms with Crippen molar-refractivity contribution in [3.63, 3.8) is 0 Å². The first kappa shape index (κ1) is 17.2. The van der Waals surface area contributed by atoms with Gasteiger partial charge < -0.3 is 14.3 Å². The lowest BCUT2D eigenvalue weighted by Gasteiger charge is -2.15. The summed E-state index contributed by atoms with van der Waals surface area (Å²) >= 11 is 0. The average molecular weight is 341 g/mol. The van der Waals surface area contributed by atoms with Gasteiger partial charge in [0, 0.05) is 20.1 Å². The van der Waals surface area contributed by atoms with Crippen LogP contribution in [0.1, 0.15) is 23.7 Å². The summed E-state index contributed by atoms with van der Waals surface area (Å²) in [5.74, 6) is 0.390. The van der Waals surface area contributed by atoms with Gasteiger partial charge in [0.05, 0.1) is 18.2 Å². The number of sulfonamides is 1. The van der Waals surface area contributed by atoms with E-state index in [1.807, 2.05) is 0 Å². The van der Waals surface area contributed by atoms with Crippen molar-refractivity contribution >= 4 is 15.9 Å². The predicted molar refractivity (Wildman–Crippen MR) is 83.2 cm³/mol. The molecule has 2 heterocycles. The average Bonchev–Trinajstić information content (AvgIpc) is 3.20. The fourth-order valence-electron chi connectivity index (χ4n) is 1.95. The molecule has 0 atom stereocenters. The van der Waals surface area contributed by atoms with Crippen molar-refractivity contribution in [3.8, 4) is 11.5 Å². The lowest BCUT2D eigenvalue weighted by Crippen LogP contribution is -2.32. The van der Waals surface area contributed by atoms with Gasteiger partial charge in [0.2, 0.25) is 15.8 Å². The summed E-state index contributed by atoms with van der Waals surface area (Å²) in [4.78, 5) is 12.1. The Balaban J connectivity index is 1.86. The zero-order valence-corrected chi connectivity index (χ0v) is 13.8. The minimum absolute atomic E-state index is 0.0586. The number of nitrogens with zero attached hydrogens (tertiary/aromatic N) is 2. The molecular formula is C14H19N3O5S. The Morgan fingerprint density at radius 3 is 2.87 bits per heavy atom. The molecule has 0 saturated carbocycles. The Labute approximate surface area is 134 Å². The van der Waals surface area contributed by atoms with E-state index in [2.05, 4.69) is 10.5 Å². The third-order valence-electron chi connectivity index (χ3n) is 3.34. The number of nitrogens with one attached hydrogen (secondary N) is 1. The first-order valence-corrected chi connectivity index (χ1v) is 8.77. The van der Waals surface area contributed by atoms with Crippen LogP contribution in [0, 0.1) is 0 Å². The zero-order valence-electron chi connectivity index (χ0n) is 13.0. The highest BCUT2D eigenvalue weighted by molar-refractivity contribution is 7.89. The maximum absolute atomic E-state index is 12.1. The van der Waals surface area contributed by atoms with Crippen LogP contribution in [-0.4, -0.2) is 49.7 Å². The summed E-state index contributed by atoms with van der Waals surface area (Å²) in [6, 6.07) is 3.35. The largest absolute Gasteiger partial charge is 0.461 e. The van der Waals surface area contributed by atoms with Crippen molar-refractivity contribution < 1.29 is 22.2 Å². The minimum atomic E-state index is -3.20. The molecule has 0 aromatic carbocycles. The van der Waals surface area contributed by atoms with Crippen molar-refractivity contribution in [1.29, 1.82) is 0 Å². The van der Waals surface area contributed by atoms with Gasteiger partial charge in [-0.05, 0) is 25.5 Å². The van der Waals surface area contributed by atoms with E-state index in [1.165, 1.54) is 23.8 Å². The van der Waals surface area contributed by atoms with Crippen LogP contribution in [0.4, 0.5) is 0 Å². The van der Waals surface area contributed by atoms with Crippen molar-refractivity contribution in [2.24, 2.45) is 0 Å². The smallest absolute Gasteiger partial charge is 0.257 e. The molecule has 0 unspecified atom stereocenters. The second-order valence-corrected chi connectivity index (χ2v) is 7.24. The molecule has 2 aromatic heterocycles. The molecule has 0 aliphatic heterocycles. The normalized spacial score (nSPS) is 11.8. The number of rotatable bonds is 8. The van der Waals surface area contributed by atoms with E-state index in [0.29, 0.717) is 25.3 Å². The first-order valence-electron chi connectivity index (χ1n) is 7.16. The molecule has 0 aliphatic rings. The molecule has 126 valence electrons. The third kappa shape index (κ3) is 4.20. The third-order valence-corrected chi connectivity index (χ3v) is 5.20. The van der Waals surface area contributed by atoms with Crippen LogP contribution in [0.3, 0.4) is 0 Å². The molecule has 0 radical (unpaired) electrons. The van der Waals surface area contributed by atoms with Crippen LogP contribution in [0.15, 0.2) is 33.5 Å². The van der Waals surface area contributed by atoms with Crippen molar-refractivity contribution in [2.45, 2.75) is 13.3 Å². The van der Waals surface area contributed by atoms with Crippen LogP contribution >= 0.6 is 0 Å². The van der Waals surface area contributed by atoms with Crippen molar-refractivity contribution in [3.05, 3.63) is 30.2 Å². The predicted octanol–water partition coefficient (Wildman–Crippen LogP) is 1.34. The lowest BCUT2D eigenvalue weighted by atomic mass is 10.2. The number of carbonyl (C=O) groups excluding carboxylic acids is 1. The Hall–Kier alpha value is -2.13. The van der Waals surface area contributed by atoms with Crippen LogP contribution in [0.2, 0.25) is 0 Å².